The van der Waals surface area contributed by atoms with Crippen molar-refractivity contribution in [1.29, 1.82) is 0 Å². The SMILES string of the molecule is CC(C)CN1CC(OCc2cccc(F)c2)CN(C(=O)C2CCOC2)CC1=O. The highest BCUT2D eigenvalue weighted by Crippen LogP contribution is 2.19. The predicted octanol–water partition coefficient (Wildman–Crippen LogP) is 2.07. The van der Waals surface area contributed by atoms with Crippen molar-refractivity contribution in [3.63, 3.8) is 0 Å². The Balaban J connectivity index is 1.71. The van der Waals surface area contributed by atoms with Gasteiger partial charge in [-0.25, -0.2) is 4.39 Å². The van der Waals surface area contributed by atoms with Crippen LogP contribution in [0.5, 0.6) is 0 Å². The van der Waals surface area contributed by atoms with Crippen molar-refractivity contribution in [1.82, 2.24) is 9.80 Å². The Kier molecular flexibility index (Phi) is 7.02. The second-order valence-electron chi connectivity index (χ2n) is 8.03. The van der Waals surface area contributed by atoms with E-state index in [9.17, 15) is 14.0 Å². The van der Waals surface area contributed by atoms with E-state index >= 15 is 0 Å². The number of carbonyl (C=O) groups excluding carboxylic acids is 2. The first-order valence-corrected chi connectivity index (χ1v) is 9.92. The van der Waals surface area contributed by atoms with Crippen molar-refractivity contribution in [2.45, 2.75) is 33.0 Å². The van der Waals surface area contributed by atoms with E-state index in [0.717, 1.165) is 5.56 Å². The van der Waals surface area contributed by atoms with Gasteiger partial charge < -0.3 is 19.3 Å². The first kappa shape index (κ1) is 20.7. The number of benzene rings is 1. The molecule has 0 aromatic heterocycles. The summed E-state index contributed by atoms with van der Waals surface area (Å²) >= 11 is 0. The minimum absolute atomic E-state index is 0.0448. The molecule has 3 rings (SSSR count). The Bertz CT molecular complexity index is 691. The van der Waals surface area contributed by atoms with Crippen molar-refractivity contribution in [3.8, 4) is 0 Å². The molecule has 28 heavy (non-hydrogen) atoms. The van der Waals surface area contributed by atoms with E-state index in [1.807, 2.05) is 0 Å². The smallest absolute Gasteiger partial charge is 0.242 e. The van der Waals surface area contributed by atoms with Gasteiger partial charge in [0.1, 0.15) is 5.82 Å². The van der Waals surface area contributed by atoms with E-state index in [4.69, 9.17) is 9.47 Å². The van der Waals surface area contributed by atoms with Gasteiger partial charge in [0.2, 0.25) is 11.8 Å². The number of nitrogens with zero attached hydrogens (tertiary/aromatic N) is 2. The molecular weight excluding hydrogens is 363 g/mol. The molecule has 2 heterocycles. The average molecular weight is 392 g/mol. The van der Waals surface area contributed by atoms with Crippen LogP contribution in [-0.4, -0.2) is 67.1 Å². The number of rotatable bonds is 6. The second-order valence-corrected chi connectivity index (χ2v) is 8.03. The minimum atomic E-state index is -0.320. The van der Waals surface area contributed by atoms with Crippen LogP contribution in [0.15, 0.2) is 24.3 Å². The summed E-state index contributed by atoms with van der Waals surface area (Å²) in [5, 5.41) is 0. The largest absolute Gasteiger partial charge is 0.381 e. The van der Waals surface area contributed by atoms with Crippen molar-refractivity contribution >= 4 is 11.8 Å². The van der Waals surface area contributed by atoms with Crippen LogP contribution in [0.3, 0.4) is 0 Å². The Labute approximate surface area is 165 Å². The van der Waals surface area contributed by atoms with Crippen LogP contribution in [0.1, 0.15) is 25.8 Å². The van der Waals surface area contributed by atoms with E-state index in [2.05, 4.69) is 13.8 Å². The molecule has 154 valence electrons. The van der Waals surface area contributed by atoms with E-state index in [-0.39, 0.29) is 42.8 Å². The lowest BCUT2D eigenvalue weighted by molar-refractivity contribution is -0.141. The molecule has 2 amide bonds. The van der Waals surface area contributed by atoms with E-state index in [0.29, 0.717) is 45.2 Å². The Morgan fingerprint density at radius 3 is 2.86 bits per heavy atom. The monoisotopic (exact) mass is 392 g/mol. The van der Waals surface area contributed by atoms with Gasteiger partial charge in [-0.3, -0.25) is 9.59 Å². The molecule has 0 radical (unpaired) electrons. The van der Waals surface area contributed by atoms with Crippen LogP contribution in [0.4, 0.5) is 4.39 Å². The van der Waals surface area contributed by atoms with Gasteiger partial charge in [-0.15, -0.1) is 0 Å². The van der Waals surface area contributed by atoms with Gasteiger partial charge in [0.25, 0.3) is 0 Å². The van der Waals surface area contributed by atoms with Crippen LogP contribution in [-0.2, 0) is 25.7 Å². The van der Waals surface area contributed by atoms with Crippen LogP contribution < -0.4 is 0 Å². The summed E-state index contributed by atoms with van der Waals surface area (Å²) in [5.41, 5.74) is 0.730. The molecule has 2 aliphatic heterocycles. The topological polar surface area (TPSA) is 59.1 Å². The molecule has 1 aromatic rings. The summed E-state index contributed by atoms with van der Waals surface area (Å²) in [6.45, 7) is 6.81. The fraction of sp³-hybridized carbons (Fsp3) is 0.619. The molecule has 2 saturated heterocycles. The first-order chi connectivity index (χ1) is 13.4. The summed E-state index contributed by atoms with van der Waals surface area (Å²) in [5.74, 6) is -0.280. The number of halogens is 1. The first-order valence-electron chi connectivity index (χ1n) is 9.92. The molecule has 6 nitrogen and oxygen atoms in total. The highest BCUT2D eigenvalue weighted by molar-refractivity contribution is 5.86. The third-order valence-electron chi connectivity index (χ3n) is 5.08. The lowest BCUT2D eigenvalue weighted by Gasteiger charge is -2.26. The molecule has 0 spiro atoms. The zero-order chi connectivity index (χ0) is 20.1. The van der Waals surface area contributed by atoms with Gasteiger partial charge in [0.05, 0.1) is 31.8 Å². The number of amides is 2. The summed E-state index contributed by atoms with van der Waals surface area (Å²) in [7, 11) is 0. The molecule has 0 aliphatic carbocycles. The molecule has 2 atom stereocenters. The quantitative estimate of drug-likeness (QED) is 0.744. The number of hydrogen-bond donors (Lipinski definition) is 0. The summed E-state index contributed by atoms with van der Waals surface area (Å²) in [4.78, 5) is 29.0. The highest BCUT2D eigenvalue weighted by atomic mass is 19.1. The van der Waals surface area contributed by atoms with Gasteiger partial charge in [0, 0.05) is 26.2 Å². The number of ether oxygens (including phenoxy) is 2. The zero-order valence-electron chi connectivity index (χ0n) is 16.6. The van der Waals surface area contributed by atoms with Crippen LogP contribution >= 0.6 is 0 Å². The number of hydrogen-bond acceptors (Lipinski definition) is 4. The van der Waals surface area contributed by atoms with Gasteiger partial charge in [0.15, 0.2) is 0 Å². The lowest BCUT2D eigenvalue weighted by atomic mass is 10.1. The third-order valence-corrected chi connectivity index (χ3v) is 5.08. The standard InChI is InChI=1S/C21H29FN2O4/c1-15(2)9-23-10-19(28-13-16-4-3-5-18(22)8-16)11-24(12-20(23)25)21(26)17-6-7-27-14-17/h3-5,8,15,17,19H,6-7,9-14H2,1-2H3. The van der Waals surface area contributed by atoms with Crippen molar-refractivity contribution in [2.75, 3.05) is 39.4 Å². The van der Waals surface area contributed by atoms with Crippen LogP contribution in [0.2, 0.25) is 0 Å². The summed E-state index contributed by atoms with van der Waals surface area (Å²) in [6.07, 6.45) is 0.369. The van der Waals surface area contributed by atoms with E-state index < -0.39 is 0 Å². The summed E-state index contributed by atoms with van der Waals surface area (Å²) in [6, 6.07) is 6.27. The van der Waals surface area contributed by atoms with Gasteiger partial charge in [-0.05, 0) is 30.0 Å². The second kappa shape index (κ2) is 9.47. The maximum atomic E-state index is 13.4. The Morgan fingerprint density at radius 2 is 2.18 bits per heavy atom. The molecule has 7 heteroatoms. The summed E-state index contributed by atoms with van der Waals surface area (Å²) < 4.78 is 24.8. The predicted molar refractivity (Wildman–Crippen MR) is 102 cm³/mol. The van der Waals surface area contributed by atoms with Crippen molar-refractivity contribution < 1.29 is 23.5 Å². The fourth-order valence-electron chi connectivity index (χ4n) is 3.70. The molecule has 0 N–H and O–H groups in total. The fourth-order valence-corrected chi connectivity index (χ4v) is 3.70. The van der Waals surface area contributed by atoms with Crippen LogP contribution in [0.25, 0.3) is 0 Å². The number of carbonyl (C=O) groups is 2. The average Bonchev–Trinajstić information content (AvgIpc) is 3.13. The Hall–Kier alpha value is -1.99. The third kappa shape index (κ3) is 5.52. The maximum Gasteiger partial charge on any atom is 0.242 e. The lowest BCUT2D eigenvalue weighted by Crippen LogP contribution is -2.43. The Morgan fingerprint density at radius 1 is 1.36 bits per heavy atom. The van der Waals surface area contributed by atoms with Crippen LogP contribution in [0, 0.1) is 17.7 Å². The normalized spacial score (nSPS) is 23.4. The molecule has 1 aromatic carbocycles. The van der Waals surface area contributed by atoms with Gasteiger partial charge in [-0.1, -0.05) is 26.0 Å². The van der Waals surface area contributed by atoms with E-state index in [1.165, 1.54) is 12.1 Å². The maximum absolute atomic E-state index is 13.4. The molecular formula is C21H29FN2O4. The molecule has 2 aliphatic rings. The van der Waals surface area contributed by atoms with E-state index in [1.54, 1.807) is 21.9 Å². The van der Waals surface area contributed by atoms with Gasteiger partial charge >= 0.3 is 0 Å². The molecule has 0 saturated carbocycles. The van der Waals surface area contributed by atoms with Crippen molar-refractivity contribution in [3.05, 3.63) is 35.6 Å². The molecule has 2 fully saturated rings. The molecule has 0 bridgehead atoms. The minimum Gasteiger partial charge on any atom is -0.381 e. The van der Waals surface area contributed by atoms with Gasteiger partial charge in [-0.2, -0.15) is 0 Å². The molecule has 2 unspecified atom stereocenters. The zero-order valence-corrected chi connectivity index (χ0v) is 16.6. The van der Waals surface area contributed by atoms with Crippen molar-refractivity contribution in [2.24, 2.45) is 11.8 Å². The highest BCUT2D eigenvalue weighted by Gasteiger charge is 2.35.